The number of ether oxygens (including phenoxy) is 1. The lowest BCUT2D eigenvalue weighted by molar-refractivity contribution is 0.194. The fourth-order valence-corrected chi connectivity index (χ4v) is 2.18. The summed E-state index contributed by atoms with van der Waals surface area (Å²) < 4.78 is 6.82. The molecule has 0 aliphatic carbocycles. The summed E-state index contributed by atoms with van der Waals surface area (Å²) in [6, 6.07) is 8.00. The van der Waals surface area contributed by atoms with Crippen LogP contribution in [0.1, 0.15) is 27.2 Å². The van der Waals surface area contributed by atoms with Crippen molar-refractivity contribution in [3.63, 3.8) is 0 Å². The fourth-order valence-electron chi connectivity index (χ4n) is 1.80. The third-order valence-corrected chi connectivity index (χ3v) is 3.68. The van der Waals surface area contributed by atoms with Crippen molar-refractivity contribution < 1.29 is 4.74 Å². The lowest BCUT2D eigenvalue weighted by Gasteiger charge is -2.23. The smallest absolute Gasteiger partial charge is 0.120 e. The predicted molar refractivity (Wildman–Crippen MR) is 81.2 cm³/mol. The van der Waals surface area contributed by atoms with E-state index in [9.17, 15) is 0 Å². The summed E-state index contributed by atoms with van der Waals surface area (Å²) in [5, 5.41) is 0. The lowest BCUT2D eigenvalue weighted by atomic mass is 10.1. The molecule has 2 nitrogen and oxygen atoms in total. The van der Waals surface area contributed by atoms with E-state index in [1.54, 1.807) is 0 Å². The molecule has 18 heavy (non-hydrogen) atoms. The van der Waals surface area contributed by atoms with E-state index >= 15 is 0 Å². The van der Waals surface area contributed by atoms with Gasteiger partial charge in [-0.15, -0.1) is 0 Å². The maximum atomic E-state index is 5.76. The van der Waals surface area contributed by atoms with Crippen LogP contribution in [0.3, 0.4) is 0 Å². The maximum Gasteiger partial charge on any atom is 0.120 e. The lowest BCUT2D eigenvalue weighted by Crippen LogP contribution is -2.32. The Labute approximate surface area is 119 Å². The van der Waals surface area contributed by atoms with E-state index in [0.717, 1.165) is 42.4 Å². The highest BCUT2D eigenvalue weighted by molar-refractivity contribution is 9.10. The van der Waals surface area contributed by atoms with Crippen molar-refractivity contribution in [1.82, 2.24) is 4.90 Å². The third-order valence-electron chi connectivity index (χ3n) is 3.19. The maximum absolute atomic E-state index is 5.76. The van der Waals surface area contributed by atoms with Gasteiger partial charge in [0.05, 0.1) is 0 Å². The van der Waals surface area contributed by atoms with Crippen molar-refractivity contribution >= 4 is 15.9 Å². The van der Waals surface area contributed by atoms with Gasteiger partial charge in [0, 0.05) is 17.6 Å². The van der Waals surface area contributed by atoms with Crippen molar-refractivity contribution in [1.29, 1.82) is 0 Å². The molecule has 1 atom stereocenters. The minimum absolute atomic E-state index is 0.751. The van der Waals surface area contributed by atoms with E-state index in [-0.39, 0.29) is 0 Å². The molecule has 0 saturated carbocycles. The number of rotatable bonds is 8. The molecule has 102 valence electrons. The van der Waals surface area contributed by atoms with Gasteiger partial charge in [0.25, 0.3) is 0 Å². The molecule has 3 heteroatoms. The molecule has 1 aromatic rings. The number of hydrogen-bond acceptors (Lipinski definition) is 2. The molecule has 0 amide bonds. The Balaban J connectivity index is 2.31. The first-order valence-electron chi connectivity index (χ1n) is 6.76. The summed E-state index contributed by atoms with van der Waals surface area (Å²) in [4.78, 5) is 2.45. The average Bonchev–Trinajstić information content (AvgIpc) is 2.37. The second-order valence-electron chi connectivity index (χ2n) is 4.71. The Morgan fingerprint density at radius 1 is 1.33 bits per heavy atom. The second kappa shape index (κ2) is 8.54. The van der Waals surface area contributed by atoms with Crippen LogP contribution >= 0.6 is 15.9 Å². The van der Waals surface area contributed by atoms with Crippen molar-refractivity contribution in [2.75, 3.05) is 26.2 Å². The molecule has 1 unspecified atom stereocenters. The minimum atomic E-state index is 0.751. The highest BCUT2D eigenvalue weighted by Gasteiger charge is 2.07. The van der Waals surface area contributed by atoms with E-state index < -0.39 is 0 Å². The molecule has 0 aliphatic rings. The van der Waals surface area contributed by atoms with Crippen LogP contribution in [0.5, 0.6) is 5.75 Å². The highest BCUT2D eigenvalue weighted by atomic mass is 79.9. The van der Waals surface area contributed by atoms with Gasteiger partial charge in [0.1, 0.15) is 12.4 Å². The molecule has 0 bridgehead atoms. The average molecular weight is 314 g/mol. The zero-order chi connectivity index (χ0) is 13.4. The summed E-state index contributed by atoms with van der Waals surface area (Å²) >= 11 is 3.45. The summed E-state index contributed by atoms with van der Waals surface area (Å²) in [5.74, 6) is 1.69. The molecule has 0 aromatic heterocycles. The first kappa shape index (κ1) is 15.5. The van der Waals surface area contributed by atoms with E-state index in [1.807, 2.05) is 24.3 Å². The summed E-state index contributed by atoms with van der Waals surface area (Å²) in [6.45, 7) is 10.8. The standard InChI is InChI=1S/C15H24BrNO/c1-4-13(3)12-17(5-2)9-10-18-15-8-6-7-14(16)11-15/h6-8,11,13H,4-5,9-10,12H2,1-3H3. The molecule has 0 radical (unpaired) electrons. The van der Waals surface area contributed by atoms with Crippen LogP contribution in [-0.4, -0.2) is 31.1 Å². The van der Waals surface area contributed by atoms with Crippen molar-refractivity contribution in [3.8, 4) is 5.75 Å². The van der Waals surface area contributed by atoms with Crippen molar-refractivity contribution in [2.45, 2.75) is 27.2 Å². The normalized spacial score (nSPS) is 12.7. The Hall–Kier alpha value is -0.540. The van der Waals surface area contributed by atoms with Crippen LogP contribution in [0.15, 0.2) is 28.7 Å². The first-order chi connectivity index (χ1) is 8.65. The van der Waals surface area contributed by atoms with Gasteiger partial charge in [0.2, 0.25) is 0 Å². The summed E-state index contributed by atoms with van der Waals surface area (Å²) in [6.07, 6.45) is 1.24. The molecule has 0 aliphatic heterocycles. The Morgan fingerprint density at radius 2 is 2.11 bits per heavy atom. The molecule has 1 rings (SSSR count). The number of benzene rings is 1. The molecule has 0 N–H and O–H groups in total. The SMILES string of the molecule is CCC(C)CN(CC)CCOc1cccc(Br)c1. The van der Waals surface area contributed by atoms with E-state index in [1.165, 1.54) is 6.42 Å². The third kappa shape index (κ3) is 5.87. The van der Waals surface area contributed by atoms with Crippen molar-refractivity contribution in [3.05, 3.63) is 28.7 Å². The van der Waals surface area contributed by atoms with Crippen molar-refractivity contribution in [2.24, 2.45) is 5.92 Å². The highest BCUT2D eigenvalue weighted by Crippen LogP contribution is 2.17. The summed E-state index contributed by atoms with van der Waals surface area (Å²) in [7, 11) is 0. The van der Waals surface area contributed by atoms with Gasteiger partial charge in [-0.05, 0) is 30.7 Å². The van der Waals surface area contributed by atoms with Crippen LogP contribution in [0.25, 0.3) is 0 Å². The minimum Gasteiger partial charge on any atom is -0.492 e. The fraction of sp³-hybridized carbons (Fsp3) is 0.600. The zero-order valence-corrected chi connectivity index (χ0v) is 13.2. The first-order valence-corrected chi connectivity index (χ1v) is 7.55. The molecule has 0 saturated heterocycles. The second-order valence-corrected chi connectivity index (χ2v) is 5.63. The van der Waals surface area contributed by atoms with Gasteiger partial charge in [0.15, 0.2) is 0 Å². The van der Waals surface area contributed by atoms with E-state index in [2.05, 4.69) is 41.6 Å². The van der Waals surface area contributed by atoms with E-state index in [4.69, 9.17) is 4.74 Å². The largest absolute Gasteiger partial charge is 0.492 e. The zero-order valence-electron chi connectivity index (χ0n) is 11.7. The van der Waals surface area contributed by atoms with Crippen LogP contribution in [0.2, 0.25) is 0 Å². The van der Waals surface area contributed by atoms with Crippen LogP contribution in [-0.2, 0) is 0 Å². The molecule has 0 spiro atoms. The number of likely N-dealkylation sites (N-methyl/N-ethyl adjacent to an activating group) is 1. The molecular formula is C15H24BrNO. The van der Waals surface area contributed by atoms with Gasteiger partial charge < -0.3 is 4.74 Å². The van der Waals surface area contributed by atoms with Crippen LogP contribution in [0.4, 0.5) is 0 Å². The van der Waals surface area contributed by atoms with Crippen LogP contribution < -0.4 is 4.74 Å². The number of nitrogens with zero attached hydrogens (tertiary/aromatic N) is 1. The molecule has 0 heterocycles. The quantitative estimate of drug-likeness (QED) is 0.713. The van der Waals surface area contributed by atoms with Gasteiger partial charge >= 0.3 is 0 Å². The Bertz CT molecular complexity index is 343. The Kier molecular flexibility index (Phi) is 7.36. The molecule has 1 aromatic carbocycles. The predicted octanol–water partition coefficient (Wildman–Crippen LogP) is 4.20. The van der Waals surface area contributed by atoms with Gasteiger partial charge in [-0.1, -0.05) is 49.2 Å². The van der Waals surface area contributed by atoms with Crippen LogP contribution in [0, 0.1) is 5.92 Å². The molecular weight excluding hydrogens is 290 g/mol. The number of halogens is 1. The van der Waals surface area contributed by atoms with E-state index in [0.29, 0.717) is 0 Å². The topological polar surface area (TPSA) is 12.5 Å². The van der Waals surface area contributed by atoms with Gasteiger partial charge in [-0.25, -0.2) is 0 Å². The number of hydrogen-bond donors (Lipinski definition) is 0. The summed E-state index contributed by atoms with van der Waals surface area (Å²) in [5.41, 5.74) is 0. The monoisotopic (exact) mass is 313 g/mol. The van der Waals surface area contributed by atoms with Gasteiger partial charge in [-0.3, -0.25) is 4.90 Å². The van der Waals surface area contributed by atoms with Gasteiger partial charge in [-0.2, -0.15) is 0 Å². The Morgan fingerprint density at radius 3 is 2.72 bits per heavy atom. The molecule has 0 fully saturated rings.